The van der Waals surface area contributed by atoms with Gasteiger partial charge in [-0.1, -0.05) is 0 Å². The molecule has 0 aliphatic carbocycles. The lowest BCUT2D eigenvalue weighted by Gasteiger charge is -2.37. The highest BCUT2D eigenvalue weighted by Gasteiger charge is 2.23. The molecule has 1 heterocycles. The summed E-state index contributed by atoms with van der Waals surface area (Å²) in [5.41, 5.74) is 4.62. The monoisotopic (exact) mass is 425 g/mol. The van der Waals surface area contributed by atoms with Crippen molar-refractivity contribution in [3.63, 3.8) is 0 Å². The summed E-state index contributed by atoms with van der Waals surface area (Å²) in [6.07, 6.45) is 1.11. The van der Waals surface area contributed by atoms with Crippen LogP contribution in [-0.2, 0) is 4.79 Å². The average molecular weight is 425 g/mol. The van der Waals surface area contributed by atoms with Crippen molar-refractivity contribution in [2.24, 2.45) is 0 Å². The number of nitro groups is 1. The minimum absolute atomic E-state index is 0.0186. The lowest BCUT2D eigenvalue weighted by atomic mass is 10.0. The van der Waals surface area contributed by atoms with Crippen molar-refractivity contribution in [2.75, 3.05) is 37.7 Å². The van der Waals surface area contributed by atoms with Crippen molar-refractivity contribution >= 4 is 23.6 Å². The molecule has 0 N–H and O–H groups in total. The Morgan fingerprint density at radius 3 is 2.26 bits per heavy atom. The van der Waals surface area contributed by atoms with E-state index in [2.05, 4.69) is 4.90 Å². The van der Waals surface area contributed by atoms with E-state index in [-0.39, 0.29) is 24.6 Å². The second kappa shape index (κ2) is 9.59. The molecule has 8 nitrogen and oxygen atoms in total. The van der Waals surface area contributed by atoms with Crippen molar-refractivity contribution < 1.29 is 19.2 Å². The molecule has 0 aromatic heterocycles. The third-order valence-corrected chi connectivity index (χ3v) is 5.54. The summed E-state index contributed by atoms with van der Waals surface area (Å²) in [6, 6.07) is 8.21. The van der Waals surface area contributed by atoms with Gasteiger partial charge in [-0.05, 0) is 55.7 Å². The van der Waals surface area contributed by atoms with E-state index in [4.69, 9.17) is 4.74 Å². The molecule has 1 saturated heterocycles. The first-order chi connectivity index (χ1) is 14.8. The van der Waals surface area contributed by atoms with Crippen LogP contribution in [0.4, 0.5) is 11.4 Å². The molecule has 1 fully saturated rings. The van der Waals surface area contributed by atoms with Crippen LogP contribution < -0.4 is 9.64 Å². The molecule has 1 aliphatic heterocycles. The van der Waals surface area contributed by atoms with E-state index < -0.39 is 4.92 Å². The molecule has 0 radical (unpaired) electrons. The molecule has 31 heavy (non-hydrogen) atoms. The minimum Gasteiger partial charge on any atom is -0.493 e. The quantitative estimate of drug-likeness (QED) is 0.383. The zero-order chi connectivity index (χ0) is 22.5. The number of carbonyl (C=O) groups is 2. The highest BCUT2D eigenvalue weighted by molar-refractivity contribution is 5.79. The Kier molecular flexibility index (Phi) is 6.89. The summed E-state index contributed by atoms with van der Waals surface area (Å²) < 4.78 is 5.67. The van der Waals surface area contributed by atoms with Crippen molar-refractivity contribution in [3.8, 4) is 5.75 Å². The van der Waals surface area contributed by atoms with Gasteiger partial charge in [0.1, 0.15) is 12.0 Å². The van der Waals surface area contributed by atoms with Crippen LogP contribution in [0, 0.1) is 30.9 Å². The van der Waals surface area contributed by atoms with Crippen LogP contribution in [0.5, 0.6) is 5.75 Å². The molecular formula is C23H27N3O5. The summed E-state index contributed by atoms with van der Waals surface area (Å²) in [5.74, 6) is 0.580. The van der Waals surface area contributed by atoms with Crippen LogP contribution in [-0.4, -0.2) is 54.8 Å². The van der Waals surface area contributed by atoms with Gasteiger partial charge in [-0.15, -0.1) is 0 Å². The van der Waals surface area contributed by atoms with Crippen molar-refractivity contribution in [2.45, 2.75) is 27.2 Å². The molecule has 8 heteroatoms. The SMILES string of the molecule is Cc1cc([N+](=O)[O-])ccc1OCCC(=O)N1CCN(c2c(C)cc(C=O)cc2C)CC1. The van der Waals surface area contributed by atoms with E-state index >= 15 is 0 Å². The van der Waals surface area contributed by atoms with Gasteiger partial charge < -0.3 is 14.5 Å². The Labute approximate surface area is 181 Å². The Morgan fingerprint density at radius 1 is 1.06 bits per heavy atom. The third kappa shape index (κ3) is 5.20. The number of anilines is 1. The Bertz CT molecular complexity index is 974. The lowest BCUT2D eigenvalue weighted by molar-refractivity contribution is -0.384. The van der Waals surface area contributed by atoms with Gasteiger partial charge in [0.25, 0.3) is 5.69 Å². The first-order valence-corrected chi connectivity index (χ1v) is 10.3. The highest BCUT2D eigenvalue weighted by atomic mass is 16.6. The normalized spacial score (nSPS) is 13.8. The predicted molar refractivity (Wildman–Crippen MR) is 118 cm³/mol. The summed E-state index contributed by atoms with van der Waals surface area (Å²) in [6.45, 7) is 8.70. The van der Waals surface area contributed by atoms with Crippen LogP contribution in [0.25, 0.3) is 0 Å². The fraction of sp³-hybridized carbons (Fsp3) is 0.391. The van der Waals surface area contributed by atoms with Gasteiger partial charge in [-0.3, -0.25) is 19.7 Å². The molecule has 0 spiro atoms. The Hall–Kier alpha value is -3.42. The number of hydrogen-bond donors (Lipinski definition) is 0. The molecule has 3 rings (SSSR count). The number of nitro benzene ring substituents is 1. The highest BCUT2D eigenvalue weighted by Crippen LogP contribution is 2.27. The van der Waals surface area contributed by atoms with Crippen molar-refractivity contribution in [1.82, 2.24) is 4.90 Å². The smallest absolute Gasteiger partial charge is 0.269 e. The summed E-state index contributed by atoms with van der Waals surface area (Å²) in [4.78, 5) is 38.1. The number of aryl methyl sites for hydroxylation is 3. The van der Waals surface area contributed by atoms with Gasteiger partial charge >= 0.3 is 0 Å². The maximum atomic E-state index is 12.6. The van der Waals surface area contributed by atoms with Crippen molar-refractivity contribution in [1.29, 1.82) is 0 Å². The standard InChI is InChI=1S/C23H27N3O5/c1-16-14-20(26(29)30)4-5-21(16)31-11-6-22(28)24-7-9-25(10-8-24)23-17(2)12-19(15-27)13-18(23)3/h4-5,12-15H,6-11H2,1-3H3. The Balaban J connectivity index is 1.51. The van der Waals surface area contributed by atoms with E-state index in [0.717, 1.165) is 36.2 Å². The molecule has 0 atom stereocenters. The molecule has 1 amide bonds. The van der Waals surface area contributed by atoms with Crippen molar-refractivity contribution in [3.05, 3.63) is 62.7 Å². The number of carbonyl (C=O) groups excluding carboxylic acids is 2. The molecule has 2 aromatic carbocycles. The second-order valence-corrected chi connectivity index (χ2v) is 7.79. The zero-order valence-electron chi connectivity index (χ0n) is 18.1. The predicted octanol–water partition coefficient (Wildman–Crippen LogP) is 3.45. The number of aldehydes is 1. The average Bonchev–Trinajstić information content (AvgIpc) is 2.74. The number of nitrogens with zero attached hydrogens (tertiary/aromatic N) is 3. The topological polar surface area (TPSA) is 93.0 Å². The van der Waals surface area contributed by atoms with E-state index in [0.29, 0.717) is 30.0 Å². The van der Waals surface area contributed by atoms with Gasteiger partial charge in [-0.2, -0.15) is 0 Å². The number of amides is 1. The van der Waals surface area contributed by atoms with E-state index in [1.807, 2.05) is 30.9 Å². The number of hydrogen-bond acceptors (Lipinski definition) is 6. The zero-order valence-corrected chi connectivity index (χ0v) is 18.1. The number of rotatable bonds is 7. The maximum Gasteiger partial charge on any atom is 0.269 e. The van der Waals surface area contributed by atoms with Gasteiger partial charge in [0.05, 0.1) is 18.0 Å². The summed E-state index contributed by atoms with van der Waals surface area (Å²) in [7, 11) is 0. The minimum atomic E-state index is -0.445. The van der Waals surface area contributed by atoms with Gasteiger partial charge in [0, 0.05) is 49.6 Å². The van der Waals surface area contributed by atoms with Crippen LogP contribution in [0.3, 0.4) is 0 Å². The number of benzene rings is 2. The number of piperazine rings is 1. The maximum absolute atomic E-state index is 12.6. The second-order valence-electron chi connectivity index (χ2n) is 7.79. The fourth-order valence-electron chi connectivity index (χ4n) is 4.05. The molecular weight excluding hydrogens is 398 g/mol. The fourth-order valence-corrected chi connectivity index (χ4v) is 4.05. The van der Waals surface area contributed by atoms with Gasteiger partial charge in [0.2, 0.25) is 5.91 Å². The van der Waals surface area contributed by atoms with Crippen LogP contribution in [0.2, 0.25) is 0 Å². The molecule has 2 aromatic rings. The van der Waals surface area contributed by atoms with E-state index in [1.54, 1.807) is 13.0 Å². The Morgan fingerprint density at radius 2 is 1.71 bits per heavy atom. The van der Waals surface area contributed by atoms with E-state index in [9.17, 15) is 19.7 Å². The molecule has 0 unspecified atom stereocenters. The molecule has 0 bridgehead atoms. The molecule has 0 saturated carbocycles. The summed E-state index contributed by atoms with van der Waals surface area (Å²) in [5, 5.41) is 10.8. The van der Waals surface area contributed by atoms with E-state index in [1.165, 1.54) is 12.1 Å². The van der Waals surface area contributed by atoms with Crippen LogP contribution in [0.1, 0.15) is 33.5 Å². The first-order valence-electron chi connectivity index (χ1n) is 10.3. The summed E-state index contributed by atoms with van der Waals surface area (Å²) >= 11 is 0. The lowest BCUT2D eigenvalue weighted by Crippen LogP contribution is -2.49. The first kappa shape index (κ1) is 22.3. The van der Waals surface area contributed by atoms with Gasteiger partial charge in [0.15, 0.2) is 0 Å². The van der Waals surface area contributed by atoms with Gasteiger partial charge in [-0.25, -0.2) is 0 Å². The van der Waals surface area contributed by atoms with Crippen LogP contribution >= 0.6 is 0 Å². The largest absolute Gasteiger partial charge is 0.493 e. The molecule has 164 valence electrons. The van der Waals surface area contributed by atoms with Crippen LogP contribution in [0.15, 0.2) is 30.3 Å². The third-order valence-electron chi connectivity index (χ3n) is 5.54. The number of non-ortho nitro benzene ring substituents is 1. The molecule has 1 aliphatic rings. The number of ether oxygens (including phenoxy) is 1.